The lowest BCUT2D eigenvalue weighted by Crippen LogP contribution is -2.30. The molecule has 0 atom stereocenters. The molecule has 0 spiro atoms. The predicted octanol–water partition coefficient (Wildman–Crippen LogP) is 6.64. The highest BCUT2D eigenvalue weighted by Crippen LogP contribution is 2.44. The van der Waals surface area contributed by atoms with Gasteiger partial charge in [0.15, 0.2) is 0 Å². The normalized spacial score (nSPS) is 10.5. The molecule has 0 radical (unpaired) electrons. The number of rotatable bonds is 7. The molecule has 3 aromatic carbocycles. The summed E-state index contributed by atoms with van der Waals surface area (Å²) in [6.07, 6.45) is -1.44. The van der Waals surface area contributed by atoms with Gasteiger partial charge in [-0.1, -0.05) is 71.5 Å². The quantitative estimate of drug-likeness (QED) is 0.305. The van der Waals surface area contributed by atoms with Gasteiger partial charge in [0, 0.05) is 10.4 Å². The average molecular weight is 474 g/mol. The molecule has 0 aliphatic rings. The summed E-state index contributed by atoms with van der Waals surface area (Å²) in [7, 11) is 1.58. The maximum atomic E-state index is 13.7. The highest BCUT2D eigenvalue weighted by atomic mass is 32.1. The van der Waals surface area contributed by atoms with Gasteiger partial charge in [0.25, 0.3) is 5.91 Å². The number of ether oxygens (including phenoxy) is 2. The van der Waals surface area contributed by atoms with Crippen LogP contribution in [-0.2, 0) is 6.54 Å². The molecule has 1 amide bonds. The lowest BCUT2D eigenvalue weighted by atomic mass is 10.1. The second-order valence-corrected chi connectivity index (χ2v) is 8.64. The molecule has 0 saturated heterocycles. The van der Waals surface area contributed by atoms with E-state index in [9.17, 15) is 14.7 Å². The largest absolute Gasteiger partial charge is 0.512 e. The van der Waals surface area contributed by atoms with Crippen LogP contribution in [0.3, 0.4) is 0 Å². The molecule has 0 bridgehead atoms. The zero-order chi connectivity index (χ0) is 24.1. The van der Waals surface area contributed by atoms with Gasteiger partial charge in [-0.25, -0.2) is 4.79 Å². The summed E-state index contributed by atoms with van der Waals surface area (Å²) in [4.78, 5) is 27.5. The van der Waals surface area contributed by atoms with E-state index >= 15 is 0 Å². The molecular formula is C27H23NO5S. The van der Waals surface area contributed by atoms with Crippen molar-refractivity contribution in [1.29, 1.82) is 0 Å². The molecule has 1 aromatic heterocycles. The van der Waals surface area contributed by atoms with E-state index in [4.69, 9.17) is 9.47 Å². The number of benzene rings is 3. The van der Waals surface area contributed by atoms with Gasteiger partial charge >= 0.3 is 6.16 Å². The summed E-state index contributed by atoms with van der Waals surface area (Å²) in [6.45, 7) is 2.15. The molecule has 1 N–H and O–H groups in total. The van der Waals surface area contributed by atoms with Gasteiger partial charge in [0.05, 0.1) is 19.3 Å². The number of hydrogen-bond acceptors (Lipinski definition) is 5. The number of methoxy groups -OCH3 is 1. The van der Waals surface area contributed by atoms with E-state index < -0.39 is 6.16 Å². The van der Waals surface area contributed by atoms with Gasteiger partial charge < -0.3 is 14.6 Å². The minimum atomic E-state index is -1.44. The Kier molecular flexibility index (Phi) is 6.94. The second kappa shape index (κ2) is 10.2. The third-order valence-corrected chi connectivity index (χ3v) is 6.28. The van der Waals surface area contributed by atoms with E-state index in [1.807, 2.05) is 73.7 Å². The molecule has 4 rings (SSSR count). The smallest absolute Gasteiger partial charge is 0.497 e. The Morgan fingerprint density at radius 3 is 2.35 bits per heavy atom. The highest BCUT2D eigenvalue weighted by Gasteiger charge is 2.26. The third-order valence-electron chi connectivity index (χ3n) is 5.23. The van der Waals surface area contributed by atoms with Crippen LogP contribution in [-0.4, -0.2) is 24.3 Å². The average Bonchev–Trinajstić information content (AvgIpc) is 3.26. The zero-order valence-corrected chi connectivity index (χ0v) is 19.5. The van der Waals surface area contributed by atoms with Crippen molar-refractivity contribution in [2.45, 2.75) is 13.5 Å². The van der Waals surface area contributed by atoms with E-state index in [-0.39, 0.29) is 17.5 Å². The summed E-state index contributed by atoms with van der Waals surface area (Å²) >= 11 is 1.18. The Morgan fingerprint density at radius 1 is 0.941 bits per heavy atom. The van der Waals surface area contributed by atoms with E-state index in [2.05, 4.69) is 0 Å². The van der Waals surface area contributed by atoms with Crippen LogP contribution >= 0.6 is 11.3 Å². The Labute approximate surface area is 201 Å². The summed E-state index contributed by atoms with van der Waals surface area (Å²) in [5.41, 5.74) is 3.64. The molecule has 0 aliphatic heterocycles. The van der Waals surface area contributed by atoms with Gasteiger partial charge in [0.1, 0.15) is 5.75 Å². The van der Waals surface area contributed by atoms with Crippen molar-refractivity contribution in [2.24, 2.45) is 0 Å². The van der Waals surface area contributed by atoms with Gasteiger partial charge in [-0.05, 0) is 48.4 Å². The van der Waals surface area contributed by atoms with Crippen LogP contribution in [0.2, 0.25) is 0 Å². The highest BCUT2D eigenvalue weighted by molar-refractivity contribution is 7.18. The fourth-order valence-corrected chi connectivity index (χ4v) is 4.53. The number of carbonyl (C=O) groups excluding carboxylic acids is 1. The van der Waals surface area contributed by atoms with E-state index in [1.54, 1.807) is 30.2 Å². The lowest BCUT2D eigenvalue weighted by molar-refractivity contribution is 0.0983. The van der Waals surface area contributed by atoms with Crippen LogP contribution in [0, 0.1) is 6.92 Å². The third kappa shape index (κ3) is 5.27. The lowest BCUT2D eigenvalue weighted by Gasteiger charge is -2.23. The first-order valence-corrected chi connectivity index (χ1v) is 11.4. The summed E-state index contributed by atoms with van der Waals surface area (Å²) < 4.78 is 10.5. The van der Waals surface area contributed by atoms with Crippen molar-refractivity contribution < 1.29 is 24.2 Å². The number of thiophene rings is 1. The number of anilines is 1. The Bertz CT molecular complexity index is 1300. The van der Waals surface area contributed by atoms with Crippen molar-refractivity contribution in [3.8, 4) is 21.3 Å². The fourth-order valence-electron chi connectivity index (χ4n) is 3.52. The van der Waals surface area contributed by atoms with Crippen molar-refractivity contribution >= 4 is 29.1 Å². The number of carboxylic acid groups (broad SMARTS) is 1. The molecule has 1 heterocycles. The summed E-state index contributed by atoms with van der Waals surface area (Å²) in [5.74, 6) is 0.396. The zero-order valence-electron chi connectivity index (χ0n) is 18.7. The minimum Gasteiger partial charge on any atom is -0.497 e. The molecule has 7 heteroatoms. The van der Waals surface area contributed by atoms with Crippen LogP contribution in [0.1, 0.15) is 21.5 Å². The molecule has 0 aliphatic carbocycles. The van der Waals surface area contributed by atoms with Gasteiger partial charge in [-0.3, -0.25) is 9.69 Å². The summed E-state index contributed by atoms with van der Waals surface area (Å²) in [5, 5.41) is 9.50. The standard InChI is InChI=1S/C27H23NO5S/c1-18-11-13-21(14-12-18)25(29)28(17-19-7-6-10-22(15-19)32-2)23-16-24(20-8-4-3-5-9-20)34-26(23)33-27(30)31/h3-16H,17H2,1-2H3,(H,30,31). The molecule has 172 valence electrons. The first-order valence-electron chi connectivity index (χ1n) is 10.6. The van der Waals surface area contributed by atoms with E-state index in [0.717, 1.165) is 21.6 Å². The van der Waals surface area contributed by atoms with Gasteiger partial charge in [0.2, 0.25) is 5.06 Å². The van der Waals surface area contributed by atoms with Gasteiger partial charge in [-0.2, -0.15) is 0 Å². The Hall–Kier alpha value is -4.10. The van der Waals surface area contributed by atoms with Crippen LogP contribution < -0.4 is 14.4 Å². The van der Waals surface area contributed by atoms with Gasteiger partial charge in [-0.15, -0.1) is 0 Å². The SMILES string of the molecule is COc1cccc(CN(C(=O)c2ccc(C)cc2)c2cc(-c3ccccc3)sc2OC(=O)O)c1. The van der Waals surface area contributed by atoms with Crippen molar-refractivity contribution in [1.82, 2.24) is 0 Å². The van der Waals surface area contributed by atoms with Crippen LogP contribution in [0.25, 0.3) is 10.4 Å². The molecule has 34 heavy (non-hydrogen) atoms. The molecule has 0 saturated carbocycles. The Balaban J connectivity index is 1.82. The topological polar surface area (TPSA) is 76.1 Å². The van der Waals surface area contributed by atoms with Crippen molar-refractivity contribution in [3.05, 3.63) is 102 Å². The molecule has 0 unspecified atom stereocenters. The maximum Gasteiger partial charge on any atom is 0.512 e. The molecular weight excluding hydrogens is 450 g/mol. The molecule has 4 aromatic rings. The maximum absolute atomic E-state index is 13.7. The fraction of sp³-hybridized carbons (Fsp3) is 0.111. The minimum absolute atomic E-state index is 0.134. The van der Waals surface area contributed by atoms with Crippen molar-refractivity contribution in [2.75, 3.05) is 12.0 Å². The van der Waals surface area contributed by atoms with Crippen molar-refractivity contribution in [3.63, 3.8) is 0 Å². The first kappa shape index (κ1) is 23.1. The van der Waals surface area contributed by atoms with Crippen LogP contribution in [0.5, 0.6) is 10.8 Å². The number of amides is 1. The first-order chi connectivity index (χ1) is 16.4. The Morgan fingerprint density at radius 2 is 1.68 bits per heavy atom. The van der Waals surface area contributed by atoms with Crippen LogP contribution in [0.4, 0.5) is 10.5 Å². The molecule has 0 fully saturated rings. The predicted molar refractivity (Wildman–Crippen MR) is 133 cm³/mol. The van der Waals surface area contributed by atoms with Crippen LogP contribution in [0.15, 0.2) is 84.9 Å². The molecule has 6 nitrogen and oxygen atoms in total. The summed E-state index contributed by atoms with van der Waals surface area (Å²) in [6, 6.07) is 26.0. The monoisotopic (exact) mass is 473 g/mol. The number of hydrogen-bond donors (Lipinski definition) is 1. The second-order valence-electron chi connectivity index (χ2n) is 7.63. The number of nitrogens with zero attached hydrogens (tertiary/aromatic N) is 1. The van der Waals surface area contributed by atoms with E-state index in [1.165, 1.54) is 11.3 Å². The number of carbonyl (C=O) groups is 2. The number of aryl methyl sites for hydroxylation is 1. The van der Waals surface area contributed by atoms with E-state index in [0.29, 0.717) is 17.0 Å².